The lowest BCUT2D eigenvalue weighted by atomic mass is 10.1. The SMILES string of the molecule is CCCCCCCCCCCC(C)OC(=O)CCCCCBr. The Morgan fingerprint density at radius 3 is 2.00 bits per heavy atom. The van der Waals surface area contributed by atoms with Crippen LogP contribution in [0.5, 0.6) is 0 Å². The van der Waals surface area contributed by atoms with Gasteiger partial charge in [-0.3, -0.25) is 4.79 Å². The van der Waals surface area contributed by atoms with Crippen LogP contribution in [-0.2, 0) is 9.53 Å². The zero-order valence-corrected chi connectivity index (χ0v) is 16.5. The smallest absolute Gasteiger partial charge is 0.306 e. The Balaban J connectivity index is 3.31. The van der Waals surface area contributed by atoms with Gasteiger partial charge >= 0.3 is 5.97 Å². The van der Waals surface area contributed by atoms with E-state index < -0.39 is 0 Å². The maximum absolute atomic E-state index is 11.6. The Labute approximate surface area is 146 Å². The van der Waals surface area contributed by atoms with Crippen LogP contribution in [0.15, 0.2) is 0 Å². The van der Waals surface area contributed by atoms with Gasteiger partial charge in [0.1, 0.15) is 0 Å². The maximum Gasteiger partial charge on any atom is 0.306 e. The molecule has 0 saturated heterocycles. The zero-order valence-electron chi connectivity index (χ0n) is 14.9. The third-order valence-corrected chi connectivity index (χ3v) is 4.62. The molecule has 0 aliphatic carbocycles. The van der Waals surface area contributed by atoms with E-state index in [1.165, 1.54) is 57.8 Å². The first-order chi connectivity index (χ1) is 10.7. The van der Waals surface area contributed by atoms with Crippen molar-refractivity contribution in [3.05, 3.63) is 0 Å². The number of alkyl halides is 1. The van der Waals surface area contributed by atoms with E-state index in [9.17, 15) is 4.79 Å². The van der Waals surface area contributed by atoms with Crippen LogP contribution < -0.4 is 0 Å². The highest BCUT2D eigenvalue weighted by Gasteiger charge is 2.08. The monoisotopic (exact) mass is 376 g/mol. The van der Waals surface area contributed by atoms with Crippen LogP contribution in [0.1, 0.15) is 104 Å². The van der Waals surface area contributed by atoms with E-state index in [-0.39, 0.29) is 12.1 Å². The third-order valence-electron chi connectivity index (χ3n) is 4.06. The van der Waals surface area contributed by atoms with Crippen LogP contribution in [0, 0.1) is 0 Å². The molecule has 0 bridgehead atoms. The highest BCUT2D eigenvalue weighted by Crippen LogP contribution is 2.13. The van der Waals surface area contributed by atoms with E-state index in [1.807, 2.05) is 6.92 Å². The molecular weight excluding hydrogens is 340 g/mol. The van der Waals surface area contributed by atoms with E-state index in [2.05, 4.69) is 22.9 Å². The molecule has 0 fully saturated rings. The van der Waals surface area contributed by atoms with Gasteiger partial charge in [-0.2, -0.15) is 0 Å². The van der Waals surface area contributed by atoms with Crippen molar-refractivity contribution >= 4 is 21.9 Å². The Hall–Kier alpha value is -0.0500. The molecule has 0 spiro atoms. The van der Waals surface area contributed by atoms with Crippen LogP contribution in [-0.4, -0.2) is 17.4 Å². The molecule has 0 aliphatic rings. The Kier molecular flexibility index (Phi) is 17.3. The standard InChI is InChI=1S/C19H37BrO2/c1-3-4-5-6-7-8-9-10-12-15-18(2)22-19(21)16-13-11-14-17-20/h18H,3-17H2,1-2H3. The summed E-state index contributed by atoms with van der Waals surface area (Å²) in [5.41, 5.74) is 0. The summed E-state index contributed by atoms with van der Waals surface area (Å²) in [5.74, 6) is -0.0157. The molecule has 3 heteroatoms. The minimum Gasteiger partial charge on any atom is -0.463 e. The number of esters is 1. The molecule has 1 unspecified atom stereocenters. The van der Waals surface area contributed by atoms with Crippen molar-refractivity contribution in [1.82, 2.24) is 0 Å². The van der Waals surface area contributed by atoms with Crippen molar-refractivity contribution in [2.24, 2.45) is 0 Å². The van der Waals surface area contributed by atoms with E-state index >= 15 is 0 Å². The number of unbranched alkanes of at least 4 members (excludes halogenated alkanes) is 10. The molecule has 0 heterocycles. The maximum atomic E-state index is 11.6. The van der Waals surface area contributed by atoms with E-state index in [0.717, 1.165) is 31.0 Å². The minimum absolute atomic E-state index is 0.0157. The number of hydrogen-bond acceptors (Lipinski definition) is 2. The number of hydrogen-bond donors (Lipinski definition) is 0. The first-order valence-corrected chi connectivity index (χ1v) is 10.6. The molecule has 0 aromatic heterocycles. The Morgan fingerprint density at radius 2 is 1.41 bits per heavy atom. The molecule has 0 N–H and O–H groups in total. The molecule has 0 saturated carbocycles. The highest BCUT2D eigenvalue weighted by molar-refractivity contribution is 9.09. The van der Waals surface area contributed by atoms with Gasteiger partial charge in [0, 0.05) is 11.8 Å². The van der Waals surface area contributed by atoms with Crippen molar-refractivity contribution < 1.29 is 9.53 Å². The number of carbonyl (C=O) groups excluding carboxylic acids is 1. The summed E-state index contributed by atoms with van der Waals surface area (Å²) in [4.78, 5) is 11.6. The van der Waals surface area contributed by atoms with Crippen LogP contribution in [0.25, 0.3) is 0 Å². The average Bonchev–Trinajstić information content (AvgIpc) is 2.50. The predicted molar refractivity (Wildman–Crippen MR) is 99.7 cm³/mol. The first-order valence-electron chi connectivity index (χ1n) is 9.46. The summed E-state index contributed by atoms with van der Waals surface area (Å²) < 4.78 is 5.45. The molecule has 0 radical (unpaired) electrons. The van der Waals surface area contributed by atoms with E-state index in [0.29, 0.717) is 6.42 Å². The molecule has 0 aliphatic heterocycles. The lowest BCUT2D eigenvalue weighted by Gasteiger charge is -2.13. The summed E-state index contributed by atoms with van der Waals surface area (Å²) in [7, 11) is 0. The fourth-order valence-corrected chi connectivity index (χ4v) is 3.02. The van der Waals surface area contributed by atoms with Crippen LogP contribution in [0.4, 0.5) is 0 Å². The number of rotatable bonds is 16. The average molecular weight is 377 g/mol. The Bertz CT molecular complexity index is 244. The number of carbonyl (C=O) groups is 1. The molecule has 0 amide bonds. The van der Waals surface area contributed by atoms with Crippen LogP contribution in [0.3, 0.4) is 0 Å². The largest absolute Gasteiger partial charge is 0.463 e. The van der Waals surface area contributed by atoms with E-state index in [1.54, 1.807) is 0 Å². The molecule has 132 valence electrons. The molecule has 0 aromatic carbocycles. The molecule has 0 aromatic rings. The number of halogens is 1. The van der Waals surface area contributed by atoms with Gasteiger partial charge in [-0.15, -0.1) is 0 Å². The zero-order chi connectivity index (χ0) is 16.5. The highest BCUT2D eigenvalue weighted by atomic mass is 79.9. The molecular formula is C19H37BrO2. The third kappa shape index (κ3) is 16.3. The molecule has 0 rings (SSSR count). The summed E-state index contributed by atoms with van der Waals surface area (Å²) in [6, 6.07) is 0. The summed E-state index contributed by atoms with van der Waals surface area (Å²) in [6.07, 6.45) is 17.0. The molecule has 1 atom stereocenters. The fourth-order valence-electron chi connectivity index (χ4n) is 2.63. The van der Waals surface area contributed by atoms with Gasteiger partial charge in [-0.05, 0) is 32.6 Å². The summed E-state index contributed by atoms with van der Waals surface area (Å²) in [5, 5.41) is 1.02. The van der Waals surface area contributed by atoms with Gasteiger partial charge < -0.3 is 4.74 Å². The van der Waals surface area contributed by atoms with E-state index in [4.69, 9.17) is 4.74 Å². The van der Waals surface area contributed by atoms with Crippen molar-refractivity contribution in [2.75, 3.05) is 5.33 Å². The molecule has 22 heavy (non-hydrogen) atoms. The van der Waals surface area contributed by atoms with Crippen molar-refractivity contribution in [1.29, 1.82) is 0 Å². The quantitative estimate of drug-likeness (QED) is 0.168. The van der Waals surface area contributed by atoms with Gasteiger partial charge in [0.05, 0.1) is 6.10 Å². The van der Waals surface area contributed by atoms with Gasteiger partial charge in [0.25, 0.3) is 0 Å². The number of ether oxygens (including phenoxy) is 1. The predicted octanol–water partition coefficient (Wildman–Crippen LogP) is 6.79. The van der Waals surface area contributed by atoms with Gasteiger partial charge in [0.15, 0.2) is 0 Å². The normalized spacial score (nSPS) is 12.3. The lowest BCUT2D eigenvalue weighted by molar-refractivity contribution is -0.148. The first kappa shape index (κ1) is 21.9. The van der Waals surface area contributed by atoms with Crippen molar-refractivity contribution in [2.45, 2.75) is 110 Å². The minimum atomic E-state index is -0.0157. The van der Waals surface area contributed by atoms with Crippen molar-refractivity contribution in [3.8, 4) is 0 Å². The van der Waals surface area contributed by atoms with Gasteiger partial charge in [0.2, 0.25) is 0 Å². The fraction of sp³-hybridized carbons (Fsp3) is 0.947. The van der Waals surface area contributed by atoms with Gasteiger partial charge in [-0.1, -0.05) is 80.6 Å². The van der Waals surface area contributed by atoms with Crippen LogP contribution >= 0.6 is 15.9 Å². The molecule has 2 nitrogen and oxygen atoms in total. The second-order valence-electron chi connectivity index (χ2n) is 6.42. The van der Waals surface area contributed by atoms with Gasteiger partial charge in [-0.25, -0.2) is 0 Å². The van der Waals surface area contributed by atoms with Crippen molar-refractivity contribution in [3.63, 3.8) is 0 Å². The summed E-state index contributed by atoms with van der Waals surface area (Å²) >= 11 is 3.40. The lowest BCUT2D eigenvalue weighted by Crippen LogP contribution is -2.14. The topological polar surface area (TPSA) is 26.3 Å². The summed E-state index contributed by atoms with van der Waals surface area (Å²) in [6.45, 7) is 4.29. The second kappa shape index (κ2) is 17.3. The second-order valence-corrected chi connectivity index (χ2v) is 7.21. The van der Waals surface area contributed by atoms with Crippen LogP contribution in [0.2, 0.25) is 0 Å². The Morgan fingerprint density at radius 1 is 0.864 bits per heavy atom.